The van der Waals surface area contributed by atoms with Gasteiger partial charge in [0.05, 0.1) is 12.4 Å². The Kier molecular flexibility index (Phi) is 9.14. The molecule has 2 fully saturated rings. The van der Waals surface area contributed by atoms with Crippen molar-refractivity contribution in [2.24, 2.45) is 18.4 Å². The summed E-state index contributed by atoms with van der Waals surface area (Å²) in [6, 6.07) is 4.45. The van der Waals surface area contributed by atoms with Gasteiger partial charge in [0.25, 0.3) is 0 Å². The van der Waals surface area contributed by atoms with Gasteiger partial charge in [0.1, 0.15) is 11.2 Å². The lowest BCUT2D eigenvalue weighted by atomic mass is 9.66. The van der Waals surface area contributed by atoms with Crippen LogP contribution in [0.2, 0.25) is 0 Å². The van der Waals surface area contributed by atoms with Crippen molar-refractivity contribution in [3.63, 3.8) is 0 Å². The Labute approximate surface area is 222 Å². The summed E-state index contributed by atoms with van der Waals surface area (Å²) in [5, 5.41) is 19.2. The molecule has 0 spiro atoms. The largest absolute Gasteiger partial charge is 0.480 e. The van der Waals surface area contributed by atoms with E-state index in [2.05, 4.69) is 20.9 Å². The summed E-state index contributed by atoms with van der Waals surface area (Å²) in [7, 11) is 1.87. The number of amides is 2. The first-order valence-electron chi connectivity index (χ1n) is 13.6. The minimum Gasteiger partial charge on any atom is -0.480 e. The quantitative estimate of drug-likeness (QED) is 0.352. The van der Waals surface area contributed by atoms with E-state index in [-0.39, 0.29) is 24.6 Å². The van der Waals surface area contributed by atoms with Crippen LogP contribution >= 0.6 is 0 Å². The monoisotopic (exact) mass is 527 g/mol. The minimum atomic E-state index is -1.59. The number of nitrogens with zero attached hydrogens (tertiary/aromatic N) is 2. The molecule has 2 aliphatic rings. The van der Waals surface area contributed by atoms with Crippen molar-refractivity contribution in [2.45, 2.75) is 63.3 Å². The summed E-state index contributed by atoms with van der Waals surface area (Å²) in [6.07, 6.45) is 9.08. The maximum absolute atomic E-state index is 14.3. The molecule has 1 aromatic carbocycles. The van der Waals surface area contributed by atoms with E-state index in [1.165, 1.54) is 12.1 Å². The average Bonchev–Trinajstić information content (AvgIpc) is 3.34. The zero-order chi connectivity index (χ0) is 27.1. The SMILES string of the molecule is Cn1cncc1CCNC(=O)NC(C(=O)C1(C(=O)O)CCNCC1)C(c1ccc(F)cc1)C1CCCCC1. The molecule has 4 N–H and O–H groups in total. The van der Waals surface area contributed by atoms with Gasteiger partial charge in [0.15, 0.2) is 5.78 Å². The lowest BCUT2D eigenvalue weighted by Crippen LogP contribution is -2.59. The molecule has 2 heterocycles. The van der Waals surface area contributed by atoms with E-state index in [0.29, 0.717) is 26.1 Å². The van der Waals surface area contributed by atoms with Gasteiger partial charge < -0.3 is 25.6 Å². The molecule has 9 nitrogen and oxygen atoms in total. The smallest absolute Gasteiger partial charge is 0.317 e. The zero-order valence-corrected chi connectivity index (χ0v) is 21.9. The number of aryl methyl sites for hydroxylation is 1. The standard InChI is InChI=1S/C28H38FN5O4/c1-34-18-31-17-22(34)11-14-32-27(38)33-24(25(35)28(26(36)37)12-15-30-16-13-28)23(19-5-3-2-4-6-19)20-7-9-21(29)10-8-20/h7-10,17-19,23-24,30H,2-6,11-16H2,1H3,(H,36,37)(H2,32,33,38). The predicted molar refractivity (Wildman–Crippen MR) is 140 cm³/mol. The number of rotatable bonds is 10. The number of carboxylic acid groups (broad SMARTS) is 1. The van der Waals surface area contributed by atoms with Gasteiger partial charge in [-0.1, -0.05) is 31.4 Å². The van der Waals surface area contributed by atoms with Gasteiger partial charge in [0, 0.05) is 37.8 Å². The van der Waals surface area contributed by atoms with Crippen LogP contribution in [0.3, 0.4) is 0 Å². The number of carbonyl (C=O) groups is 3. The van der Waals surface area contributed by atoms with Gasteiger partial charge in [-0.3, -0.25) is 9.59 Å². The Morgan fingerprint density at radius 3 is 2.45 bits per heavy atom. The highest BCUT2D eigenvalue weighted by Gasteiger charge is 2.52. The minimum absolute atomic E-state index is 0.0606. The summed E-state index contributed by atoms with van der Waals surface area (Å²) in [5.41, 5.74) is 0.0929. The third-order valence-corrected chi connectivity index (χ3v) is 8.26. The predicted octanol–water partition coefficient (Wildman–Crippen LogP) is 3.16. The normalized spacial score (nSPS) is 19.3. The van der Waals surface area contributed by atoms with Crippen LogP contribution in [0.5, 0.6) is 0 Å². The van der Waals surface area contributed by atoms with E-state index in [0.717, 1.165) is 43.4 Å². The van der Waals surface area contributed by atoms with Gasteiger partial charge in [-0.15, -0.1) is 0 Å². The van der Waals surface area contributed by atoms with Crippen LogP contribution in [0, 0.1) is 17.2 Å². The van der Waals surface area contributed by atoms with Gasteiger partial charge in [-0.05, 0) is 62.4 Å². The van der Waals surface area contributed by atoms with E-state index in [1.807, 2.05) is 11.6 Å². The molecule has 0 radical (unpaired) electrons. The molecule has 2 amide bonds. The van der Waals surface area contributed by atoms with E-state index >= 15 is 0 Å². The number of carbonyl (C=O) groups excluding carboxylic acids is 2. The number of Topliss-reactive ketones (excluding diaryl/α,β-unsaturated/α-hetero) is 1. The Hall–Kier alpha value is -3.27. The van der Waals surface area contributed by atoms with Crippen molar-refractivity contribution in [1.82, 2.24) is 25.5 Å². The lowest BCUT2D eigenvalue weighted by molar-refractivity contribution is -0.158. The Morgan fingerprint density at radius 1 is 1.16 bits per heavy atom. The molecule has 1 aliphatic heterocycles. The highest BCUT2D eigenvalue weighted by atomic mass is 19.1. The average molecular weight is 528 g/mol. The maximum Gasteiger partial charge on any atom is 0.317 e. The van der Waals surface area contributed by atoms with Crippen molar-refractivity contribution in [2.75, 3.05) is 19.6 Å². The molecule has 2 unspecified atom stereocenters. The molecular weight excluding hydrogens is 489 g/mol. The highest BCUT2D eigenvalue weighted by molar-refractivity contribution is 6.07. The second kappa shape index (κ2) is 12.5. The third kappa shape index (κ3) is 6.23. The Balaban J connectivity index is 1.65. The summed E-state index contributed by atoms with van der Waals surface area (Å²) in [5.74, 6) is -2.43. The van der Waals surface area contributed by atoms with Crippen LogP contribution in [-0.2, 0) is 23.1 Å². The number of hydrogen-bond donors (Lipinski definition) is 4. The summed E-state index contributed by atoms with van der Waals surface area (Å²) in [6.45, 7) is 1.14. The van der Waals surface area contributed by atoms with Gasteiger partial charge in [0.2, 0.25) is 0 Å². The molecule has 4 rings (SSSR count). The fourth-order valence-corrected chi connectivity index (χ4v) is 6.07. The summed E-state index contributed by atoms with van der Waals surface area (Å²) in [4.78, 5) is 44.1. The first-order chi connectivity index (χ1) is 18.3. The van der Waals surface area contributed by atoms with Crippen LogP contribution in [-0.4, -0.2) is 58.1 Å². The molecule has 0 bridgehead atoms. The van der Waals surface area contributed by atoms with Crippen LogP contribution in [0.15, 0.2) is 36.8 Å². The number of aliphatic carboxylic acids is 1. The molecule has 206 valence electrons. The van der Waals surface area contributed by atoms with Crippen LogP contribution in [0.1, 0.15) is 62.1 Å². The molecule has 1 aliphatic carbocycles. The Bertz CT molecular complexity index is 1110. The molecule has 2 aromatic rings. The fraction of sp³-hybridized carbons (Fsp3) is 0.571. The van der Waals surface area contributed by atoms with Gasteiger partial charge in [-0.25, -0.2) is 14.2 Å². The number of halogens is 1. The van der Waals surface area contributed by atoms with E-state index in [4.69, 9.17) is 0 Å². The molecule has 1 saturated heterocycles. The summed E-state index contributed by atoms with van der Waals surface area (Å²) < 4.78 is 15.7. The van der Waals surface area contributed by atoms with Gasteiger partial charge in [-0.2, -0.15) is 0 Å². The van der Waals surface area contributed by atoms with Crippen molar-refractivity contribution >= 4 is 17.8 Å². The summed E-state index contributed by atoms with van der Waals surface area (Å²) >= 11 is 0. The number of benzene rings is 1. The van der Waals surface area contributed by atoms with Crippen molar-refractivity contribution in [3.05, 3.63) is 53.9 Å². The van der Waals surface area contributed by atoms with E-state index < -0.39 is 35.2 Å². The molecule has 10 heteroatoms. The Morgan fingerprint density at radius 2 is 1.84 bits per heavy atom. The van der Waals surface area contributed by atoms with Crippen LogP contribution in [0.4, 0.5) is 9.18 Å². The topological polar surface area (TPSA) is 125 Å². The lowest BCUT2D eigenvalue weighted by Gasteiger charge is -2.41. The number of ketones is 1. The van der Waals surface area contributed by atoms with Crippen LogP contribution < -0.4 is 16.0 Å². The number of carboxylic acids is 1. The maximum atomic E-state index is 14.3. The van der Waals surface area contributed by atoms with Crippen molar-refractivity contribution in [3.8, 4) is 0 Å². The van der Waals surface area contributed by atoms with Gasteiger partial charge >= 0.3 is 12.0 Å². The van der Waals surface area contributed by atoms with E-state index in [9.17, 15) is 23.9 Å². The molecular formula is C28H38FN5O4. The number of aromatic nitrogens is 2. The number of hydrogen-bond acceptors (Lipinski definition) is 5. The number of piperidine rings is 1. The highest BCUT2D eigenvalue weighted by Crippen LogP contribution is 2.42. The molecule has 2 atom stereocenters. The van der Waals surface area contributed by atoms with Crippen LogP contribution in [0.25, 0.3) is 0 Å². The zero-order valence-electron chi connectivity index (χ0n) is 21.9. The first-order valence-corrected chi connectivity index (χ1v) is 13.6. The fourth-order valence-electron chi connectivity index (χ4n) is 6.07. The molecule has 38 heavy (non-hydrogen) atoms. The van der Waals surface area contributed by atoms with E-state index in [1.54, 1.807) is 24.7 Å². The van der Waals surface area contributed by atoms with Crippen molar-refractivity contribution < 1.29 is 23.9 Å². The number of imidazole rings is 1. The van der Waals surface area contributed by atoms with Crippen molar-refractivity contribution in [1.29, 1.82) is 0 Å². The first kappa shape index (κ1) is 27.8. The third-order valence-electron chi connectivity index (χ3n) is 8.26. The molecule has 1 saturated carbocycles. The number of nitrogens with one attached hydrogen (secondary N) is 3. The second-order valence-electron chi connectivity index (χ2n) is 10.6. The molecule has 1 aromatic heterocycles. The second-order valence-corrected chi connectivity index (χ2v) is 10.6. The number of urea groups is 1.